The number of ether oxygens (including phenoxy) is 2. The lowest BCUT2D eigenvalue weighted by Crippen LogP contribution is -2.07. The Hall–Kier alpha value is -2.00. The summed E-state index contributed by atoms with van der Waals surface area (Å²) in [5, 5.41) is 4.57. The second-order valence-electron chi connectivity index (χ2n) is 4.16. The highest BCUT2D eigenvalue weighted by Crippen LogP contribution is 2.19. The van der Waals surface area contributed by atoms with Crippen LogP contribution >= 0.6 is 0 Å². The molecule has 0 N–H and O–H groups in total. The second-order valence-corrected chi connectivity index (χ2v) is 4.16. The summed E-state index contributed by atoms with van der Waals surface area (Å²) in [6, 6.07) is 15.9. The van der Waals surface area contributed by atoms with Gasteiger partial charge < -0.3 is 9.47 Å². The molecule has 0 saturated heterocycles. The minimum absolute atomic E-state index is 0.641. The van der Waals surface area contributed by atoms with Gasteiger partial charge in [-0.05, 0) is 12.1 Å². The first-order valence-electron chi connectivity index (χ1n) is 6.22. The van der Waals surface area contributed by atoms with Crippen molar-refractivity contribution < 1.29 is 9.47 Å². The van der Waals surface area contributed by atoms with Crippen LogP contribution in [0.1, 0.15) is 11.1 Å². The molecular formula is C16H18NO2. The molecule has 1 radical (unpaired) electrons. The van der Waals surface area contributed by atoms with Gasteiger partial charge >= 0.3 is 0 Å². The molecule has 0 spiro atoms. The summed E-state index contributed by atoms with van der Waals surface area (Å²) in [5.41, 5.74) is 2.19. The van der Waals surface area contributed by atoms with Crippen LogP contribution in [0.25, 0.3) is 0 Å². The van der Waals surface area contributed by atoms with Gasteiger partial charge in [0.15, 0.2) is 0 Å². The van der Waals surface area contributed by atoms with Crippen LogP contribution in [0.4, 0.5) is 0 Å². The summed E-state index contributed by atoms with van der Waals surface area (Å²) in [7, 11) is 3.36. The minimum atomic E-state index is 0.641. The van der Waals surface area contributed by atoms with Gasteiger partial charge in [-0.25, -0.2) is 5.32 Å². The molecule has 0 aliphatic rings. The Labute approximate surface area is 114 Å². The van der Waals surface area contributed by atoms with E-state index in [9.17, 15) is 0 Å². The SMILES string of the molecule is COc1ccccc1C[N]Cc1ccccc1OC. The zero-order valence-corrected chi connectivity index (χ0v) is 11.3. The molecule has 0 aromatic heterocycles. The van der Waals surface area contributed by atoms with Crippen LogP contribution in [0.3, 0.4) is 0 Å². The largest absolute Gasteiger partial charge is 0.496 e. The third kappa shape index (κ3) is 3.48. The number of hydrogen-bond donors (Lipinski definition) is 0. The van der Waals surface area contributed by atoms with Crippen molar-refractivity contribution in [3.05, 3.63) is 59.7 Å². The molecule has 0 amide bonds. The fraction of sp³-hybridized carbons (Fsp3) is 0.250. The van der Waals surface area contributed by atoms with Gasteiger partial charge in [-0.15, -0.1) is 0 Å². The third-order valence-corrected chi connectivity index (χ3v) is 2.95. The average Bonchev–Trinajstić information content (AvgIpc) is 2.48. The van der Waals surface area contributed by atoms with Crippen LogP contribution in [0, 0.1) is 0 Å². The van der Waals surface area contributed by atoms with Crippen LogP contribution < -0.4 is 14.8 Å². The molecule has 0 atom stereocenters. The fourth-order valence-corrected chi connectivity index (χ4v) is 1.96. The van der Waals surface area contributed by atoms with Gasteiger partial charge in [0.1, 0.15) is 11.5 Å². The quantitative estimate of drug-likeness (QED) is 0.796. The molecule has 2 rings (SSSR count). The molecule has 0 aliphatic heterocycles. The van der Waals surface area contributed by atoms with Gasteiger partial charge in [-0.1, -0.05) is 36.4 Å². The summed E-state index contributed by atoms with van der Waals surface area (Å²) in [6.07, 6.45) is 0. The predicted molar refractivity (Wildman–Crippen MR) is 75.5 cm³/mol. The molecule has 2 aromatic carbocycles. The van der Waals surface area contributed by atoms with E-state index >= 15 is 0 Å². The maximum atomic E-state index is 5.31. The maximum absolute atomic E-state index is 5.31. The van der Waals surface area contributed by atoms with Gasteiger partial charge in [0.25, 0.3) is 0 Å². The molecule has 99 valence electrons. The van der Waals surface area contributed by atoms with Crippen LogP contribution in [-0.4, -0.2) is 14.2 Å². The van der Waals surface area contributed by atoms with Gasteiger partial charge in [0, 0.05) is 24.2 Å². The lowest BCUT2D eigenvalue weighted by Gasteiger charge is -2.10. The number of rotatable bonds is 6. The molecule has 2 aromatic rings. The van der Waals surface area contributed by atoms with Crippen molar-refractivity contribution in [2.45, 2.75) is 13.1 Å². The number of para-hydroxylation sites is 2. The van der Waals surface area contributed by atoms with Crippen LogP contribution in [0.5, 0.6) is 11.5 Å². The van der Waals surface area contributed by atoms with Crippen molar-refractivity contribution in [2.24, 2.45) is 0 Å². The first-order valence-corrected chi connectivity index (χ1v) is 6.22. The standard InChI is InChI=1S/C16H18NO2/c1-18-15-9-5-3-7-13(15)11-17-12-14-8-4-6-10-16(14)19-2/h3-10H,11-12H2,1-2H3. The summed E-state index contributed by atoms with van der Waals surface area (Å²) in [4.78, 5) is 0. The van der Waals surface area contributed by atoms with Gasteiger partial charge in [-0.2, -0.15) is 0 Å². The topological polar surface area (TPSA) is 32.6 Å². The van der Waals surface area contributed by atoms with Crippen molar-refractivity contribution >= 4 is 0 Å². The van der Waals surface area contributed by atoms with Crippen molar-refractivity contribution in [1.82, 2.24) is 5.32 Å². The highest BCUT2D eigenvalue weighted by Gasteiger charge is 2.04. The summed E-state index contributed by atoms with van der Waals surface area (Å²) >= 11 is 0. The molecule has 3 heteroatoms. The Morgan fingerprint density at radius 1 is 0.737 bits per heavy atom. The Morgan fingerprint density at radius 3 is 1.58 bits per heavy atom. The number of methoxy groups -OCH3 is 2. The van der Waals surface area contributed by atoms with Crippen molar-refractivity contribution in [3.63, 3.8) is 0 Å². The van der Waals surface area contributed by atoms with Crippen LogP contribution in [0.2, 0.25) is 0 Å². The average molecular weight is 256 g/mol. The molecule has 0 saturated carbocycles. The maximum Gasteiger partial charge on any atom is 0.123 e. The number of hydrogen-bond acceptors (Lipinski definition) is 2. The monoisotopic (exact) mass is 256 g/mol. The Kier molecular flexibility index (Phi) is 4.81. The second kappa shape index (κ2) is 6.81. The molecule has 0 fully saturated rings. The molecule has 19 heavy (non-hydrogen) atoms. The van der Waals surface area contributed by atoms with E-state index in [1.165, 1.54) is 0 Å². The lowest BCUT2D eigenvalue weighted by atomic mass is 10.1. The lowest BCUT2D eigenvalue weighted by molar-refractivity contribution is 0.403. The van der Waals surface area contributed by atoms with Crippen molar-refractivity contribution in [1.29, 1.82) is 0 Å². The fourth-order valence-electron chi connectivity index (χ4n) is 1.96. The number of benzene rings is 2. The Morgan fingerprint density at radius 2 is 1.16 bits per heavy atom. The Balaban J connectivity index is 1.96. The first-order chi connectivity index (χ1) is 9.35. The summed E-state index contributed by atoms with van der Waals surface area (Å²) < 4.78 is 10.6. The highest BCUT2D eigenvalue weighted by molar-refractivity contribution is 5.34. The van der Waals surface area contributed by atoms with E-state index in [1.807, 2.05) is 48.5 Å². The smallest absolute Gasteiger partial charge is 0.123 e. The van der Waals surface area contributed by atoms with E-state index in [1.54, 1.807) is 14.2 Å². The van der Waals surface area contributed by atoms with E-state index < -0.39 is 0 Å². The minimum Gasteiger partial charge on any atom is -0.496 e. The third-order valence-electron chi connectivity index (χ3n) is 2.95. The van der Waals surface area contributed by atoms with E-state index in [0.29, 0.717) is 13.1 Å². The van der Waals surface area contributed by atoms with Crippen molar-refractivity contribution in [2.75, 3.05) is 14.2 Å². The summed E-state index contributed by atoms with van der Waals surface area (Å²) in [6.45, 7) is 1.28. The summed E-state index contributed by atoms with van der Waals surface area (Å²) in [5.74, 6) is 1.76. The Bertz CT molecular complexity index is 478. The zero-order chi connectivity index (χ0) is 13.5. The molecule has 0 aliphatic carbocycles. The zero-order valence-electron chi connectivity index (χ0n) is 11.3. The molecule has 0 heterocycles. The first kappa shape index (κ1) is 13.4. The van der Waals surface area contributed by atoms with Gasteiger partial charge in [-0.3, -0.25) is 0 Å². The van der Waals surface area contributed by atoms with Crippen LogP contribution in [0.15, 0.2) is 48.5 Å². The number of nitrogens with zero attached hydrogens (tertiary/aromatic N) is 1. The van der Waals surface area contributed by atoms with Crippen molar-refractivity contribution in [3.8, 4) is 11.5 Å². The molecule has 0 bridgehead atoms. The van der Waals surface area contributed by atoms with Crippen LogP contribution in [-0.2, 0) is 13.1 Å². The van der Waals surface area contributed by atoms with E-state index in [2.05, 4.69) is 5.32 Å². The van der Waals surface area contributed by atoms with Gasteiger partial charge in [0.05, 0.1) is 14.2 Å². The molecule has 3 nitrogen and oxygen atoms in total. The van der Waals surface area contributed by atoms with E-state index in [-0.39, 0.29) is 0 Å². The van der Waals surface area contributed by atoms with E-state index in [0.717, 1.165) is 22.6 Å². The molecular weight excluding hydrogens is 238 g/mol. The molecule has 0 unspecified atom stereocenters. The van der Waals surface area contributed by atoms with E-state index in [4.69, 9.17) is 9.47 Å². The normalized spacial score (nSPS) is 10.2. The predicted octanol–water partition coefficient (Wildman–Crippen LogP) is 3.01. The van der Waals surface area contributed by atoms with Gasteiger partial charge in [0.2, 0.25) is 0 Å². The highest BCUT2D eigenvalue weighted by atomic mass is 16.5.